The number of fused-ring (bicyclic) bond motifs is 1. The summed E-state index contributed by atoms with van der Waals surface area (Å²) < 4.78 is 0. The summed E-state index contributed by atoms with van der Waals surface area (Å²) >= 11 is 0. The van der Waals surface area contributed by atoms with Gasteiger partial charge in [0.25, 0.3) is 0 Å². The van der Waals surface area contributed by atoms with Gasteiger partial charge in [-0.25, -0.2) is 4.98 Å². The number of hydrogen-bond donors (Lipinski definition) is 3. The van der Waals surface area contributed by atoms with Crippen LogP contribution in [-0.4, -0.2) is 29.5 Å². The highest BCUT2D eigenvalue weighted by Gasteiger charge is 2.25. The number of carbonyl (C=O) groups excluding carboxylic acids is 1. The first kappa shape index (κ1) is 13.5. The highest BCUT2D eigenvalue weighted by atomic mass is 16.2. The van der Waals surface area contributed by atoms with E-state index < -0.39 is 5.41 Å². The molecule has 2 rings (SSSR count). The maximum absolute atomic E-state index is 11.7. The maximum Gasteiger partial charge on any atom is 0.226 e. The van der Waals surface area contributed by atoms with E-state index in [-0.39, 0.29) is 5.91 Å². The number of aromatic nitrogens is 2. The van der Waals surface area contributed by atoms with Gasteiger partial charge in [-0.15, -0.1) is 0 Å². The minimum absolute atomic E-state index is 0.0422. The van der Waals surface area contributed by atoms with Crippen LogP contribution in [0.2, 0.25) is 0 Å². The normalized spacial score (nSPS) is 11.7. The van der Waals surface area contributed by atoms with Crippen LogP contribution in [0.1, 0.15) is 19.4 Å². The number of aromatic amines is 1. The lowest BCUT2D eigenvalue weighted by Crippen LogP contribution is -2.41. The van der Waals surface area contributed by atoms with Crippen molar-refractivity contribution in [2.24, 2.45) is 5.41 Å². The van der Waals surface area contributed by atoms with Crippen LogP contribution >= 0.6 is 0 Å². The van der Waals surface area contributed by atoms with Crippen molar-refractivity contribution in [1.29, 1.82) is 0 Å². The molecule has 0 aromatic carbocycles. The Morgan fingerprint density at radius 2 is 2.26 bits per heavy atom. The summed E-state index contributed by atoms with van der Waals surface area (Å²) in [7, 11) is 1.66. The molecule has 0 aliphatic rings. The number of amides is 1. The topological polar surface area (TPSA) is 69.8 Å². The van der Waals surface area contributed by atoms with Gasteiger partial charge in [0.1, 0.15) is 5.65 Å². The Hall–Kier alpha value is -1.88. The highest BCUT2D eigenvalue weighted by Crippen LogP contribution is 2.17. The maximum atomic E-state index is 11.7. The lowest BCUT2D eigenvalue weighted by molar-refractivity contribution is -0.128. The van der Waals surface area contributed by atoms with Crippen LogP contribution in [0, 0.1) is 5.41 Å². The van der Waals surface area contributed by atoms with Gasteiger partial charge in [-0.2, -0.15) is 0 Å². The Bertz CT molecular complexity index is 574. The number of carbonyl (C=O) groups is 1. The highest BCUT2D eigenvalue weighted by molar-refractivity contribution is 5.82. The second-order valence-corrected chi connectivity index (χ2v) is 5.28. The summed E-state index contributed by atoms with van der Waals surface area (Å²) in [6.45, 7) is 5.19. The van der Waals surface area contributed by atoms with Gasteiger partial charge in [-0.1, -0.05) is 0 Å². The van der Waals surface area contributed by atoms with E-state index in [1.807, 2.05) is 32.2 Å². The number of H-pyrrole nitrogens is 1. The number of nitrogens with one attached hydrogen (secondary N) is 3. The first-order valence-electron chi connectivity index (χ1n) is 6.38. The lowest BCUT2D eigenvalue weighted by atomic mass is 9.92. The lowest BCUT2D eigenvalue weighted by Gasteiger charge is -2.22. The van der Waals surface area contributed by atoms with E-state index in [4.69, 9.17) is 0 Å². The van der Waals surface area contributed by atoms with Crippen LogP contribution in [0.15, 0.2) is 24.5 Å². The summed E-state index contributed by atoms with van der Waals surface area (Å²) in [5.41, 5.74) is 1.64. The third-order valence-corrected chi connectivity index (χ3v) is 3.26. The zero-order chi connectivity index (χ0) is 13.9. The number of pyridine rings is 1. The fraction of sp³-hybridized carbons (Fsp3) is 0.429. The van der Waals surface area contributed by atoms with Crippen molar-refractivity contribution < 1.29 is 4.79 Å². The van der Waals surface area contributed by atoms with Gasteiger partial charge in [-0.3, -0.25) is 4.79 Å². The smallest absolute Gasteiger partial charge is 0.226 e. The Morgan fingerprint density at radius 1 is 1.47 bits per heavy atom. The molecule has 0 atom stereocenters. The largest absolute Gasteiger partial charge is 0.359 e. The van der Waals surface area contributed by atoms with Crippen LogP contribution in [0.25, 0.3) is 11.0 Å². The van der Waals surface area contributed by atoms with Gasteiger partial charge < -0.3 is 15.6 Å². The van der Waals surface area contributed by atoms with Crippen molar-refractivity contribution in [3.8, 4) is 0 Å². The minimum Gasteiger partial charge on any atom is -0.359 e. The number of nitrogens with zero attached hydrogens (tertiary/aromatic N) is 1. The Balaban J connectivity index is 1.98. The van der Waals surface area contributed by atoms with E-state index in [0.717, 1.165) is 16.6 Å². The third-order valence-electron chi connectivity index (χ3n) is 3.26. The van der Waals surface area contributed by atoms with Crippen LogP contribution in [-0.2, 0) is 11.3 Å². The quantitative estimate of drug-likeness (QED) is 0.761. The van der Waals surface area contributed by atoms with Crippen molar-refractivity contribution in [2.45, 2.75) is 20.4 Å². The molecule has 19 heavy (non-hydrogen) atoms. The fourth-order valence-corrected chi connectivity index (χ4v) is 2.09. The molecule has 0 unspecified atom stereocenters. The predicted octanol–water partition coefficient (Wildman–Crippen LogP) is 1.42. The number of rotatable bonds is 5. The SMILES string of the molecule is CNC(=O)C(C)(C)CNCc1c[nH]c2ncccc12. The average Bonchev–Trinajstić information content (AvgIpc) is 2.81. The van der Waals surface area contributed by atoms with Crippen LogP contribution < -0.4 is 10.6 Å². The molecule has 0 spiro atoms. The zero-order valence-corrected chi connectivity index (χ0v) is 11.6. The molecule has 2 aromatic rings. The van der Waals surface area contributed by atoms with Crippen LogP contribution in [0.5, 0.6) is 0 Å². The summed E-state index contributed by atoms with van der Waals surface area (Å²) in [6, 6.07) is 3.97. The molecule has 102 valence electrons. The third kappa shape index (κ3) is 2.93. The average molecular weight is 260 g/mol. The molecule has 0 fully saturated rings. The summed E-state index contributed by atoms with van der Waals surface area (Å²) in [5, 5.41) is 7.13. The van der Waals surface area contributed by atoms with Crippen molar-refractivity contribution in [1.82, 2.24) is 20.6 Å². The van der Waals surface area contributed by atoms with Crippen LogP contribution in [0.3, 0.4) is 0 Å². The molecular formula is C14H20N4O. The molecule has 3 N–H and O–H groups in total. The molecule has 0 aliphatic heterocycles. The van der Waals surface area contributed by atoms with E-state index >= 15 is 0 Å². The van der Waals surface area contributed by atoms with Gasteiger partial charge in [0, 0.05) is 37.9 Å². The number of hydrogen-bond acceptors (Lipinski definition) is 3. The molecule has 5 nitrogen and oxygen atoms in total. The van der Waals surface area contributed by atoms with Gasteiger partial charge in [0.05, 0.1) is 5.41 Å². The zero-order valence-electron chi connectivity index (χ0n) is 11.6. The van der Waals surface area contributed by atoms with Crippen molar-refractivity contribution >= 4 is 16.9 Å². The van der Waals surface area contributed by atoms with Gasteiger partial charge in [0.2, 0.25) is 5.91 Å². The van der Waals surface area contributed by atoms with Crippen molar-refractivity contribution in [3.63, 3.8) is 0 Å². The van der Waals surface area contributed by atoms with E-state index in [2.05, 4.69) is 20.6 Å². The van der Waals surface area contributed by atoms with Gasteiger partial charge in [0.15, 0.2) is 0 Å². The first-order chi connectivity index (χ1) is 9.04. The monoisotopic (exact) mass is 260 g/mol. The van der Waals surface area contributed by atoms with Crippen LogP contribution in [0.4, 0.5) is 0 Å². The fourth-order valence-electron chi connectivity index (χ4n) is 2.09. The molecule has 0 radical (unpaired) electrons. The van der Waals surface area contributed by atoms with E-state index in [0.29, 0.717) is 13.1 Å². The van der Waals surface area contributed by atoms with E-state index in [1.54, 1.807) is 13.2 Å². The van der Waals surface area contributed by atoms with Crippen molar-refractivity contribution in [2.75, 3.05) is 13.6 Å². The van der Waals surface area contributed by atoms with Gasteiger partial charge >= 0.3 is 0 Å². The molecule has 0 bridgehead atoms. The molecule has 5 heteroatoms. The molecule has 1 amide bonds. The predicted molar refractivity (Wildman–Crippen MR) is 75.6 cm³/mol. The van der Waals surface area contributed by atoms with Gasteiger partial charge in [-0.05, 0) is 31.5 Å². The Morgan fingerprint density at radius 3 is 3.00 bits per heavy atom. The molecule has 0 aliphatic carbocycles. The summed E-state index contributed by atoms with van der Waals surface area (Å²) in [6.07, 6.45) is 3.72. The molecule has 2 heterocycles. The Kier molecular flexibility index (Phi) is 3.85. The summed E-state index contributed by atoms with van der Waals surface area (Å²) in [5.74, 6) is 0.0422. The van der Waals surface area contributed by atoms with E-state index in [1.165, 1.54) is 0 Å². The second-order valence-electron chi connectivity index (χ2n) is 5.28. The second kappa shape index (κ2) is 5.40. The molecule has 0 saturated carbocycles. The van der Waals surface area contributed by atoms with Crippen molar-refractivity contribution in [3.05, 3.63) is 30.1 Å². The van der Waals surface area contributed by atoms with E-state index in [9.17, 15) is 4.79 Å². The molecular weight excluding hydrogens is 240 g/mol. The molecule has 0 saturated heterocycles. The Labute approximate surface area is 112 Å². The minimum atomic E-state index is -0.418. The standard InChI is InChI=1S/C14H20N4O/c1-14(2,13(19)15-3)9-16-7-10-8-18-12-11(10)5-4-6-17-12/h4-6,8,16H,7,9H2,1-3H3,(H,15,19)(H,17,18). The first-order valence-corrected chi connectivity index (χ1v) is 6.38. The molecule has 2 aromatic heterocycles. The summed E-state index contributed by atoms with van der Waals surface area (Å²) in [4.78, 5) is 19.1.